The molecule has 0 radical (unpaired) electrons. The molecule has 5 heteroatoms. The molecule has 2 amide bonds. The number of carbonyl (C=O) groups is 1. The SMILES string of the molecule is O=C(Nc1ccc(OC[C@@H]2CCOC2)cc1)N1CCC[C@@H]2CCC[C@H]21. The standard InChI is InChI=1S/C20H28N2O3/c23-20(22-11-2-4-16-3-1-5-19(16)22)21-17-6-8-18(9-7-17)25-14-15-10-12-24-13-15/h6-9,15-16,19H,1-5,10-14H2,(H,21,23)/t15-,16+,19-/m1/s1. The predicted molar refractivity (Wildman–Crippen MR) is 97.0 cm³/mol. The number of rotatable bonds is 4. The maximum atomic E-state index is 12.7. The van der Waals surface area contributed by atoms with Crippen molar-refractivity contribution in [2.75, 3.05) is 31.7 Å². The van der Waals surface area contributed by atoms with E-state index < -0.39 is 0 Å². The summed E-state index contributed by atoms with van der Waals surface area (Å²) in [7, 11) is 0. The average molecular weight is 344 g/mol. The van der Waals surface area contributed by atoms with Crippen LogP contribution in [0.1, 0.15) is 38.5 Å². The molecule has 136 valence electrons. The summed E-state index contributed by atoms with van der Waals surface area (Å²) in [6.07, 6.45) is 7.20. The summed E-state index contributed by atoms with van der Waals surface area (Å²) in [5.41, 5.74) is 0.835. The average Bonchev–Trinajstić information content (AvgIpc) is 3.32. The second kappa shape index (κ2) is 7.65. The summed E-state index contributed by atoms with van der Waals surface area (Å²) in [5, 5.41) is 3.06. The van der Waals surface area contributed by atoms with Crippen LogP contribution in [0.3, 0.4) is 0 Å². The molecule has 3 atom stereocenters. The fourth-order valence-corrected chi connectivity index (χ4v) is 4.46. The highest BCUT2D eigenvalue weighted by atomic mass is 16.5. The Labute approximate surface area is 149 Å². The van der Waals surface area contributed by atoms with Crippen molar-refractivity contribution in [2.24, 2.45) is 11.8 Å². The Morgan fingerprint density at radius 1 is 1.16 bits per heavy atom. The number of amides is 2. The minimum Gasteiger partial charge on any atom is -0.493 e. The molecule has 2 heterocycles. The van der Waals surface area contributed by atoms with Crippen LogP contribution in [0.25, 0.3) is 0 Å². The van der Waals surface area contributed by atoms with Crippen LogP contribution in [-0.2, 0) is 4.74 Å². The number of piperidine rings is 1. The number of fused-ring (bicyclic) bond motifs is 1. The summed E-state index contributed by atoms with van der Waals surface area (Å²) in [6.45, 7) is 3.23. The van der Waals surface area contributed by atoms with E-state index in [2.05, 4.69) is 10.2 Å². The van der Waals surface area contributed by atoms with E-state index in [-0.39, 0.29) is 6.03 Å². The molecule has 5 nitrogen and oxygen atoms in total. The Morgan fingerprint density at radius 3 is 2.80 bits per heavy atom. The van der Waals surface area contributed by atoms with Crippen molar-refractivity contribution in [3.8, 4) is 5.75 Å². The van der Waals surface area contributed by atoms with Gasteiger partial charge < -0.3 is 19.7 Å². The number of hydrogen-bond donors (Lipinski definition) is 1. The van der Waals surface area contributed by atoms with Gasteiger partial charge in [0, 0.05) is 30.8 Å². The second-order valence-corrected chi connectivity index (χ2v) is 7.59. The topological polar surface area (TPSA) is 50.8 Å². The first-order valence-corrected chi connectivity index (χ1v) is 9.68. The lowest BCUT2D eigenvalue weighted by molar-refractivity contribution is 0.138. The van der Waals surface area contributed by atoms with Crippen molar-refractivity contribution < 1.29 is 14.3 Å². The van der Waals surface area contributed by atoms with Crippen LogP contribution in [0.4, 0.5) is 10.5 Å². The molecule has 4 rings (SSSR count). The van der Waals surface area contributed by atoms with Crippen LogP contribution in [0, 0.1) is 11.8 Å². The van der Waals surface area contributed by atoms with E-state index in [9.17, 15) is 4.79 Å². The van der Waals surface area contributed by atoms with Crippen LogP contribution < -0.4 is 10.1 Å². The monoisotopic (exact) mass is 344 g/mol. The van der Waals surface area contributed by atoms with E-state index in [1.807, 2.05) is 24.3 Å². The Kier molecular flexibility index (Phi) is 5.11. The molecule has 1 aliphatic carbocycles. The molecular weight excluding hydrogens is 316 g/mol. The first kappa shape index (κ1) is 16.7. The molecule has 0 unspecified atom stereocenters. The summed E-state index contributed by atoms with van der Waals surface area (Å²) in [5.74, 6) is 2.06. The van der Waals surface area contributed by atoms with Gasteiger partial charge in [-0.15, -0.1) is 0 Å². The second-order valence-electron chi connectivity index (χ2n) is 7.59. The van der Waals surface area contributed by atoms with Crippen molar-refractivity contribution in [3.05, 3.63) is 24.3 Å². The van der Waals surface area contributed by atoms with Gasteiger partial charge in [0.1, 0.15) is 5.75 Å². The quantitative estimate of drug-likeness (QED) is 0.901. The number of nitrogens with one attached hydrogen (secondary N) is 1. The zero-order valence-corrected chi connectivity index (χ0v) is 14.8. The van der Waals surface area contributed by atoms with Crippen molar-refractivity contribution in [2.45, 2.75) is 44.6 Å². The third-order valence-corrected chi connectivity index (χ3v) is 5.87. The fourth-order valence-electron chi connectivity index (χ4n) is 4.46. The first-order valence-electron chi connectivity index (χ1n) is 9.68. The van der Waals surface area contributed by atoms with E-state index in [0.717, 1.165) is 56.4 Å². The Hall–Kier alpha value is -1.75. The highest BCUT2D eigenvalue weighted by Gasteiger charge is 2.37. The number of anilines is 1. The molecule has 3 fully saturated rings. The Morgan fingerprint density at radius 2 is 2.00 bits per heavy atom. The van der Waals surface area contributed by atoms with Crippen LogP contribution >= 0.6 is 0 Å². The van der Waals surface area contributed by atoms with Gasteiger partial charge in [-0.1, -0.05) is 6.42 Å². The lowest BCUT2D eigenvalue weighted by Gasteiger charge is -2.37. The van der Waals surface area contributed by atoms with Gasteiger partial charge in [0.15, 0.2) is 0 Å². The highest BCUT2D eigenvalue weighted by Crippen LogP contribution is 2.37. The number of carbonyl (C=O) groups excluding carboxylic acids is 1. The highest BCUT2D eigenvalue weighted by molar-refractivity contribution is 5.89. The van der Waals surface area contributed by atoms with Crippen LogP contribution in [0.15, 0.2) is 24.3 Å². The molecule has 1 saturated carbocycles. The van der Waals surface area contributed by atoms with Gasteiger partial charge in [-0.25, -0.2) is 4.79 Å². The third kappa shape index (κ3) is 3.92. The molecular formula is C20H28N2O3. The summed E-state index contributed by atoms with van der Waals surface area (Å²) in [6, 6.07) is 8.21. The number of nitrogens with zero attached hydrogens (tertiary/aromatic N) is 1. The lowest BCUT2D eigenvalue weighted by atomic mass is 9.92. The van der Waals surface area contributed by atoms with Gasteiger partial charge >= 0.3 is 6.03 Å². The van der Waals surface area contributed by atoms with Gasteiger partial charge in [0.25, 0.3) is 0 Å². The van der Waals surface area contributed by atoms with Crippen LogP contribution in [-0.4, -0.2) is 43.3 Å². The number of ether oxygens (including phenoxy) is 2. The minimum absolute atomic E-state index is 0.0494. The van der Waals surface area contributed by atoms with Gasteiger partial charge in [-0.3, -0.25) is 0 Å². The van der Waals surface area contributed by atoms with Crippen LogP contribution in [0.2, 0.25) is 0 Å². The molecule has 2 aliphatic heterocycles. The Balaban J connectivity index is 1.30. The Bertz CT molecular complexity index is 583. The zero-order chi connectivity index (χ0) is 17.1. The maximum Gasteiger partial charge on any atom is 0.322 e. The summed E-state index contributed by atoms with van der Waals surface area (Å²) >= 11 is 0. The molecule has 25 heavy (non-hydrogen) atoms. The van der Waals surface area contributed by atoms with Gasteiger partial charge in [0.05, 0.1) is 13.2 Å². The molecule has 2 saturated heterocycles. The fraction of sp³-hybridized carbons (Fsp3) is 0.650. The molecule has 0 bridgehead atoms. The lowest BCUT2D eigenvalue weighted by Crippen LogP contribution is -2.48. The number of hydrogen-bond acceptors (Lipinski definition) is 3. The summed E-state index contributed by atoms with van der Waals surface area (Å²) in [4.78, 5) is 14.7. The van der Waals surface area contributed by atoms with E-state index in [1.54, 1.807) is 0 Å². The molecule has 3 aliphatic rings. The molecule has 1 N–H and O–H groups in total. The minimum atomic E-state index is 0.0494. The normalized spacial score (nSPS) is 28.6. The van der Waals surface area contributed by atoms with E-state index in [4.69, 9.17) is 9.47 Å². The predicted octanol–water partition coefficient (Wildman–Crippen LogP) is 3.90. The van der Waals surface area contributed by atoms with E-state index >= 15 is 0 Å². The molecule has 0 spiro atoms. The van der Waals surface area contributed by atoms with E-state index in [1.165, 1.54) is 19.3 Å². The van der Waals surface area contributed by atoms with Crippen molar-refractivity contribution in [3.63, 3.8) is 0 Å². The molecule has 0 aromatic heterocycles. The molecule has 1 aromatic rings. The molecule has 1 aromatic carbocycles. The van der Waals surface area contributed by atoms with Gasteiger partial charge in [-0.05, 0) is 62.3 Å². The van der Waals surface area contributed by atoms with Crippen LogP contribution in [0.5, 0.6) is 5.75 Å². The number of urea groups is 1. The van der Waals surface area contributed by atoms with E-state index in [0.29, 0.717) is 18.6 Å². The van der Waals surface area contributed by atoms with Crippen molar-refractivity contribution >= 4 is 11.7 Å². The largest absolute Gasteiger partial charge is 0.493 e. The van der Waals surface area contributed by atoms with Gasteiger partial charge in [0.2, 0.25) is 0 Å². The van der Waals surface area contributed by atoms with Crippen molar-refractivity contribution in [1.82, 2.24) is 4.90 Å². The number of benzene rings is 1. The smallest absolute Gasteiger partial charge is 0.322 e. The first-order chi connectivity index (χ1) is 12.3. The maximum absolute atomic E-state index is 12.7. The van der Waals surface area contributed by atoms with Gasteiger partial charge in [-0.2, -0.15) is 0 Å². The number of likely N-dealkylation sites (tertiary alicyclic amines) is 1. The third-order valence-electron chi connectivity index (χ3n) is 5.87. The summed E-state index contributed by atoms with van der Waals surface area (Å²) < 4.78 is 11.2. The van der Waals surface area contributed by atoms with Crippen molar-refractivity contribution in [1.29, 1.82) is 0 Å². The zero-order valence-electron chi connectivity index (χ0n) is 14.8.